The van der Waals surface area contributed by atoms with Gasteiger partial charge in [-0.05, 0) is 48.7 Å². The van der Waals surface area contributed by atoms with Crippen molar-refractivity contribution in [2.24, 2.45) is 0 Å². The number of alkyl halides is 3. The van der Waals surface area contributed by atoms with E-state index in [0.29, 0.717) is 30.2 Å². The Morgan fingerprint density at radius 2 is 2.03 bits per heavy atom. The Kier molecular flexibility index (Phi) is 5.98. The first-order chi connectivity index (χ1) is 15.3. The first kappa shape index (κ1) is 21.6. The third-order valence-corrected chi connectivity index (χ3v) is 5.17. The van der Waals surface area contributed by atoms with Crippen LogP contribution in [-0.4, -0.2) is 29.0 Å². The van der Waals surface area contributed by atoms with E-state index in [1.54, 1.807) is 29.3 Å². The molecule has 166 valence electrons. The number of fused-ring (bicyclic) bond motifs is 1. The Balaban J connectivity index is 1.36. The molecule has 1 N–H and O–H groups in total. The molecular weight excluding hydrogens is 421 g/mol. The predicted octanol–water partition coefficient (Wildman–Crippen LogP) is 4.38. The lowest BCUT2D eigenvalue weighted by atomic mass is 10.0. The van der Waals surface area contributed by atoms with Crippen LogP contribution >= 0.6 is 0 Å². The maximum atomic E-state index is 13.3. The van der Waals surface area contributed by atoms with Crippen molar-refractivity contribution >= 4 is 17.3 Å². The summed E-state index contributed by atoms with van der Waals surface area (Å²) in [6, 6.07) is 11.5. The van der Waals surface area contributed by atoms with E-state index in [1.807, 2.05) is 18.2 Å². The van der Waals surface area contributed by atoms with Crippen molar-refractivity contribution in [3.8, 4) is 5.88 Å². The van der Waals surface area contributed by atoms with Gasteiger partial charge in [-0.25, -0.2) is 4.98 Å². The van der Waals surface area contributed by atoms with Gasteiger partial charge in [0.25, 0.3) is 0 Å². The van der Waals surface area contributed by atoms with Crippen LogP contribution in [0.15, 0.2) is 54.9 Å². The molecule has 2 aromatic heterocycles. The van der Waals surface area contributed by atoms with E-state index in [2.05, 4.69) is 15.3 Å². The Bertz CT molecular complexity index is 1100. The molecule has 0 radical (unpaired) electrons. The summed E-state index contributed by atoms with van der Waals surface area (Å²) in [7, 11) is 0. The highest BCUT2D eigenvalue weighted by molar-refractivity contribution is 5.94. The Hall–Kier alpha value is -3.62. The first-order valence-electron chi connectivity index (χ1n) is 10.0. The third kappa shape index (κ3) is 4.99. The van der Waals surface area contributed by atoms with Crippen molar-refractivity contribution in [1.29, 1.82) is 0 Å². The summed E-state index contributed by atoms with van der Waals surface area (Å²) in [4.78, 5) is 22.5. The van der Waals surface area contributed by atoms with Gasteiger partial charge in [0.1, 0.15) is 6.61 Å². The predicted molar refractivity (Wildman–Crippen MR) is 114 cm³/mol. The van der Waals surface area contributed by atoms with Crippen LogP contribution in [0, 0.1) is 6.92 Å². The number of ether oxygens (including phenoxy) is 1. The van der Waals surface area contributed by atoms with Crippen molar-refractivity contribution in [3.05, 3.63) is 77.2 Å². The quantitative estimate of drug-likeness (QED) is 0.614. The third-order valence-electron chi connectivity index (χ3n) is 5.17. The van der Waals surface area contributed by atoms with Crippen molar-refractivity contribution in [3.63, 3.8) is 0 Å². The van der Waals surface area contributed by atoms with Gasteiger partial charge in [-0.15, -0.1) is 0 Å². The van der Waals surface area contributed by atoms with E-state index in [1.165, 1.54) is 13.1 Å². The van der Waals surface area contributed by atoms with Gasteiger partial charge in [-0.1, -0.05) is 12.1 Å². The maximum Gasteiger partial charge on any atom is 0.416 e. The zero-order valence-corrected chi connectivity index (χ0v) is 17.3. The molecule has 1 amide bonds. The molecule has 4 rings (SSSR count). The van der Waals surface area contributed by atoms with Crippen LogP contribution in [0.3, 0.4) is 0 Å². The van der Waals surface area contributed by atoms with E-state index in [9.17, 15) is 18.0 Å². The fraction of sp³-hybridized carbons (Fsp3) is 0.261. The van der Waals surface area contributed by atoms with Crippen LogP contribution in [0.25, 0.3) is 0 Å². The Labute approximate surface area is 183 Å². The minimum Gasteiger partial charge on any atom is -0.471 e. The van der Waals surface area contributed by atoms with Crippen molar-refractivity contribution in [2.45, 2.75) is 26.1 Å². The van der Waals surface area contributed by atoms with E-state index < -0.39 is 11.7 Å². The molecule has 0 atom stereocenters. The summed E-state index contributed by atoms with van der Waals surface area (Å²) in [6.45, 7) is 2.16. The van der Waals surface area contributed by atoms with Gasteiger partial charge in [0.15, 0.2) is 0 Å². The van der Waals surface area contributed by atoms with E-state index in [4.69, 9.17) is 4.74 Å². The number of aromatic nitrogens is 2. The lowest BCUT2D eigenvalue weighted by Gasteiger charge is -2.21. The van der Waals surface area contributed by atoms with Crippen molar-refractivity contribution in [2.75, 3.05) is 23.3 Å². The molecule has 6 nitrogen and oxygen atoms in total. The number of aryl methyl sites for hydroxylation is 1. The number of carbonyl (C=O) groups is 1. The SMILES string of the molecule is Cc1cc2c(cc1C(F)(F)F)N(CC(=O)Nc1ccc(OCc3ccccn3)nc1)CC2. The van der Waals surface area contributed by atoms with Crippen LogP contribution < -0.4 is 15.0 Å². The summed E-state index contributed by atoms with van der Waals surface area (Å²) in [6.07, 6.45) is -0.684. The average Bonchev–Trinajstić information content (AvgIpc) is 3.14. The number of pyridine rings is 2. The summed E-state index contributed by atoms with van der Waals surface area (Å²) >= 11 is 0. The Morgan fingerprint density at radius 1 is 1.19 bits per heavy atom. The standard InChI is InChI=1S/C23H21F3N4O2/c1-15-10-16-7-9-30(20(16)11-19(15)23(24,25)26)13-21(31)29-17-5-6-22(28-12-17)32-14-18-4-2-3-8-27-18/h2-6,8,10-12H,7,9,13-14H2,1H3,(H,29,31). The average molecular weight is 442 g/mol. The van der Waals surface area contributed by atoms with Gasteiger partial charge in [-0.2, -0.15) is 13.2 Å². The van der Waals surface area contributed by atoms with Gasteiger partial charge in [0.2, 0.25) is 11.8 Å². The van der Waals surface area contributed by atoms with E-state index in [0.717, 1.165) is 17.3 Å². The van der Waals surface area contributed by atoms with Crippen LogP contribution in [-0.2, 0) is 24.0 Å². The second-order valence-corrected chi connectivity index (χ2v) is 7.51. The molecule has 0 saturated heterocycles. The lowest BCUT2D eigenvalue weighted by molar-refractivity contribution is -0.138. The molecule has 3 aromatic rings. The first-order valence-corrected chi connectivity index (χ1v) is 10.0. The number of nitrogens with zero attached hydrogens (tertiary/aromatic N) is 3. The number of hydrogen-bond acceptors (Lipinski definition) is 5. The monoisotopic (exact) mass is 442 g/mol. The number of hydrogen-bond donors (Lipinski definition) is 1. The highest BCUT2D eigenvalue weighted by Crippen LogP contribution is 2.38. The zero-order valence-electron chi connectivity index (χ0n) is 17.3. The highest BCUT2D eigenvalue weighted by Gasteiger charge is 2.35. The Morgan fingerprint density at radius 3 is 2.72 bits per heavy atom. The van der Waals surface area contributed by atoms with Gasteiger partial charge in [0, 0.05) is 24.5 Å². The van der Waals surface area contributed by atoms with Gasteiger partial charge < -0.3 is 15.0 Å². The molecule has 0 bridgehead atoms. The number of nitrogens with one attached hydrogen (secondary N) is 1. The minimum atomic E-state index is -4.43. The van der Waals surface area contributed by atoms with Crippen molar-refractivity contribution in [1.82, 2.24) is 9.97 Å². The molecule has 0 aliphatic carbocycles. The number of amides is 1. The second kappa shape index (κ2) is 8.86. The van der Waals surface area contributed by atoms with E-state index >= 15 is 0 Å². The lowest BCUT2D eigenvalue weighted by Crippen LogP contribution is -2.32. The number of anilines is 2. The molecule has 32 heavy (non-hydrogen) atoms. The van der Waals surface area contributed by atoms with Gasteiger partial charge >= 0.3 is 6.18 Å². The summed E-state index contributed by atoms with van der Waals surface area (Å²) in [5, 5.41) is 2.72. The minimum absolute atomic E-state index is 0.0503. The molecule has 0 saturated carbocycles. The summed E-state index contributed by atoms with van der Waals surface area (Å²) in [5.41, 5.74) is 2.03. The number of halogens is 3. The fourth-order valence-electron chi connectivity index (χ4n) is 3.64. The second-order valence-electron chi connectivity index (χ2n) is 7.51. The topological polar surface area (TPSA) is 67.4 Å². The molecule has 9 heteroatoms. The van der Waals surface area contributed by atoms with Crippen molar-refractivity contribution < 1.29 is 22.7 Å². The molecule has 3 heterocycles. The van der Waals surface area contributed by atoms with Crippen LogP contribution in [0.5, 0.6) is 5.88 Å². The number of rotatable bonds is 6. The molecule has 0 fully saturated rings. The largest absolute Gasteiger partial charge is 0.471 e. The van der Waals surface area contributed by atoms with Crippen LogP contribution in [0.4, 0.5) is 24.5 Å². The summed E-state index contributed by atoms with van der Waals surface area (Å²) < 4.78 is 45.3. The molecule has 0 unspecified atom stereocenters. The molecule has 0 spiro atoms. The normalized spacial score (nSPS) is 13.1. The number of benzene rings is 1. The maximum absolute atomic E-state index is 13.3. The van der Waals surface area contributed by atoms with E-state index in [-0.39, 0.29) is 24.6 Å². The smallest absolute Gasteiger partial charge is 0.416 e. The van der Waals surface area contributed by atoms with Crippen LogP contribution in [0.2, 0.25) is 0 Å². The summed E-state index contributed by atoms with van der Waals surface area (Å²) in [5.74, 6) is 0.0492. The van der Waals surface area contributed by atoms with Crippen LogP contribution in [0.1, 0.15) is 22.4 Å². The van der Waals surface area contributed by atoms with Gasteiger partial charge in [0.05, 0.1) is 29.7 Å². The molecular formula is C23H21F3N4O2. The number of carbonyl (C=O) groups excluding carboxylic acids is 1. The molecule has 1 aliphatic rings. The zero-order chi connectivity index (χ0) is 22.7. The molecule has 1 aliphatic heterocycles. The van der Waals surface area contributed by atoms with Gasteiger partial charge in [-0.3, -0.25) is 9.78 Å². The highest BCUT2D eigenvalue weighted by atomic mass is 19.4. The fourth-order valence-corrected chi connectivity index (χ4v) is 3.64. The molecule has 1 aromatic carbocycles.